The van der Waals surface area contributed by atoms with Crippen LogP contribution in [0, 0.1) is 0 Å². The zero-order chi connectivity index (χ0) is 5.21. The van der Waals surface area contributed by atoms with Crippen molar-refractivity contribution >= 4 is 65.7 Å². The molecule has 0 aliphatic heterocycles. The summed E-state index contributed by atoms with van der Waals surface area (Å²) in [4.78, 5) is 0.972. The van der Waals surface area contributed by atoms with Crippen LogP contribution in [-0.2, 0) is 0 Å². The van der Waals surface area contributed by atoms with Crippen LogP contribution in [0.5, 0.6) is 0 Å². The van der Waals surface area contributed by atoms with Crippen molar-refractivity contribution in [2.75, 3.05) is 4.95 Å². The van der Waals surface area contributed by atoms with Crippen LogP contribution >= 0.6 is 61.8 Å². The second-order valence-corrected chi connectivity index (χ2v) is 25.7. The van der Waals surface area contributed by atoms with E-state index in [2.05, 4.69) is 61.8 Å². The molecular formula is CH2Br4Si. The van der Waals surface area contributed by atoms with Crippen molar-refractivity contribution in [2.45, 2.75) is 0 Å². The van der Waals surface area contributed by atoms with Gasteiger partial charge in [-0.05, 0) is 0 Å². The highest BCUT2D eigenvalue weighted by Gasteiger charge is 2.18. The lowest BCUT2D eigenvalue weighted by molar-refractivity contribution is 2.27. The number of hydrogen-bond acceptors (Lipinski definition) is 0. The van der Waals surface area contributed by atoms with Gasteiger partial charge in [-0.1, -0.05) is 61.8 Å². The first-order chi connectivity index (χ1) is 2.56. The summed E-state index contributed by atoms with van der Waals surface area (Å²) < 4.78 is -1.28. The summed E-state index contributed by atoms with van der Waals surface area (Å²) in [5.41, 5.74) is 0. The molecule has 0 atom stereocenters. The van der Waals surface area contributed by atoms with Crippen molar-refractivity contribution < 1.29 is 0 Å². The Bertz CT molecular complexity index is 37.3. The Morgan fingerprint density at radius 2 is 1.33 bits per heavy atom. The molecular weight excluding hydrogens is 360 g/mol. The second kappa shape index (κ2) is 3.22. The van der Waals surface area contributed by atoms with Crippen molar-refractivity contribution in [1.82, 2.24) is 0 Å². The van der Waals surface area contributed by atoms with Crippen LogP contribution < -0.4 is 0 Å². The van der Waals surface area contributed by atoms with Gasteiger partial charge in [0.25, 0.3) is 3.93 Å². The topological polar surface area (TPSA) is 0 Å². The van der Waals surface area contributed by atoms with Gasteiger partial charge in [0.05, 0.1) is 0 Å². The van der Waals surface area contributed by atoms with Gasteiger partial charge in [-0.15, -0.1) is 0 Å². The molecule has 0 heterocycles. The SMILES string of the molecule is BrC[Si](Br)(Br)Br. The molecule has 0 saturated carbocycles. The Morgan fingerprint density at radius 1 is 1.17 bits per heavy atom. The van der Waals surface area contributed by atoms with Gasteiger partial charge in [0, 0.05) is 4.95 Å². The minimum Gasteiger partial charge on any atom is -0.0955 e. The second-order valence-electron chi connectivity index (χ2n) is 0.749. The molecule has 0 aliphatic rings. The molecule has 0 aromatic carbocycles. The molecule has 38 valence electrons. The third-order valence-electron chi connectivity index (χ3n) is 0.152. The van der Waals surface area contributed by atoms with E-state index in [1.807, 2.05) is 0 Å². The third-order valence-corrected chi connectivity index (χ3v) is 12.3. The number of rotatable bonds is 1. The highest BCUT2D eigenvalue weighted by atomic mass is 80.0. The Balaban J connectivity index is 3.17. The molecule has 0 fully saturated rings. The summed E-state index contributed by atoms with van der Waals surface area (Å²) in [5.74, 6) is 0. The van der Waals surface area contributed by atoms with Gasteiger partial charge in [0.1, 0.15) is 0 Å². The zero-order valence-electron chi connectivity index (χ0n) is 2.72. The van der Waals surface area contributed by atoms with E-state index in [0.717, 1.165) is 4.95 Å². The summed E-state index contributed by atoms with van der Waals surface area (Å²) >= 11 is 13.5. The molecule has 0 amide bonds. The fraction of sp³-hybridized carbons (Fsp3) is 1.00. The molecule has 0 aliphatic carbocycles. The van der Waals surface area contributed by atoms with E-state index >= 15 is 0 Å². The van der Waals surface area contributed by atoms with Gasteiger partial charge in [-0.2, -0.15) is 0 Å². The van der Waals surface area contributed by atoms with E-state index in [1.54, 1.807) is 0 Å². The van der Waals surface area contributed by atoms with E-state index in [9.17, 15) is 0 Å². The molecule has 0 saturated heterocycles. The van der Waals surface area contributed by atoms with Crippen molar-refractivity contribution in [3.63, 3.8) is 0 Å². The minimum absolute atomic E-state index is 0.972. The van der Waals surface area contributed by atoms with Crippen LogP contribution in [0.25, 0.3) is 0 Å². The molecule has 0 bridgehead atoms. The van der Waals surface area contributed by atoms with Gasteiger partial charge >= 0.3 is 0 Å². The monoisotopic (exact) mass is 358 g/mol. The largest absolute Gasteiger partial charge is 0.277 e. The molecule has 0 spiro atoms. The van der Waals surface area contributed by atoms with Crippen LogP contribution in [0.15, 0.2) is 0 Å². The maximum absolute atomic E-state index is 3.40. The van der Waals surface area contributed by atoms with Crippen LogP contribution in [0.1, 0.15) is 0 Å². The fourth-order valence-electron chi connectivity index (χ4n) is 0. The van der Waals surface area contributed by atoms with Gasteiger partial charge in [0.15, 0.2) is 0 Å². The zero-order valence-corrected chi connectivity index (χ0v) is 10.1. The molecule has 0 aromatic heterocycles. The summed E-state index contributed by atoms with van der Waals surface area (Å²) in [6, 6.07) is 0. The summed E-state index contributed by atoms with van der Waals surface area (Å²) in [6.07, 6.45) is 0. The number of halogens is 4. The third kappa shape index (κ3) is 6.14. The molecule has 0 rings (SSSR count). The average Bonchev–Trinajstić information content (AvgIpc) is 1.35. The van der Waals surface area contributed by atoms with Gasteiger partial charge < -0.3 is 0 Å². The lowest BCUT2D eigenvalue weighted by Crippen LogP contribution is -2.07. The van der Waals surface area contributed by atoms with Gasteiger partial charge in [-0.25, -0.2) is 0 Å². The Morgan fingerprint density at radius 3 is 1.33 bits per heavy atom. The predicted molar refractivity (Wildman–Crippen MR) is 46.3 cm³/mol. The average molecular weight is 362 g/mol. The maximum Gasteiger partial charge on any atom is 0.277 e. The molecule has 0 nitrogen and oxygen atoms in total. The van der Waals surface area contributed by atoms with E-state index < -0.39 is 3.93 Å². The number of alkyl halides is 1. The standard InChI is InChI=1S/CH2Br4Si/c2-1-6(3,4)5/h1H2. The van der Waals surface area contributed by atoms with Crippen LogP contribution in [0.2, 0.25) is 0 Å². The highest BCUT2D eigenvalue weighted by molar-refractivity contribution is 9.72. The molecule has 5 heteroatoms. The highest BCUT2D eigenvalue weighted by Crippen LogP contribution is 2.28. The van der Waals surface area contributed by atoms with Crippen molar-refractivity contribution in [1.29, 1.82) is 0 Å². The number of hydrogen-bond donors (Lipinski definition) is 0. The minimum atomic E-state index is -1.28. The molecule has 0 unspecified atom stereocenters. The van der Waals surface area contributed by atoms with Crippen molar-refractivity contribution in [3.8, 4) is 0 Å². The van der Waals surface area contributed by atoms with Crippen LogP contribution in [0.4, 0.5) is 0 Å². The molecule has 0 aromatic rings. The quantitative estimate of drug-likeness (QED) is 0.382. The summed E-state index contributed by atoms with van der Waals surface area (Å²) in [7, 11) is 0. The Labute approximate surface area is 69.9 Å². The lowest BCUT2D eigenvalue weighted by atomic mass is 11.9. The van der Waals surface area contributed by atoms with Crippen molar-refractivity contribution in [2.24, 2.45) is 0 Å². The maximum atomic E-state index is 3.40. The van der Waals surface area contributed by atoms with E-state index in [0.29, 0.717) is 0 Å². The van der Waals surface area contributed by atoms with Gasteiger partial charge in [0.2, 0.25) is 0 Å². The predicted octanol–water partition coefficient (Wildman–Crippen LogP) is 3.04. The normalized spacial score (nSPS) is 12.0. The lowest BCUT2D eigenvalue weighted by Gasteiger charge is -1.98. The van der Waals surface area contributed by atoms with Crippen LogP contribution in [-0.4, -0.2) is 8.89 Å². The molecule has 0 N–H and O–H groups in total. The summed E-state index contributed by atoms with van der Waals surface area (Å²) in [5, 5.41) is 0. The first kappa shape index (κ1) is 8.14. The molecule has 0 radical (unpaired) electrons. The Kier molecular flexibility index (Phi) is 4.37. The molecule has 6 heavy (non-hydrogen) atoms. The smallest absolute Gasteiger partial charge is 0.0955 e. The fourth-order valence-corrected chi connectivity index (χ4v) is 0. The first-order valence-electron chi connectivity index (χ1n) is 1.19. The van der Waals surface area contributed by atoms with Crippen molar-refractivity contribution in [3.05, 3.63) is 0 Å². The first-order valence-corrected chi connectivity index (χ1v) is 11.3. The van der Waals surface area contributed by atoms with E-state index in [-0.39, 0.29) is 0 Å². The van der Waals surface area contributed by atoms with Gasteiger partial charge in [-0.3, -0.25) is 0 Å². The van der Waals surface area contributed by atoms with Crippen LogP contribution in [0.3, 0.4) is 0 Å². The summed E-state index contributed by atoms with van der Waals surface area (Å²) in [6.45, 7) is 0. The van der Waals surface area contributed by atoms with E-state index in [1.165, 1.54) is 0 Å². The Hall–Kier alpha value is 2.14. The van der Waals surface area contributed by atoms with E-state index in [4.69, 9.17) is 0 Å².